The van der Waals surface area contributed by atoms with Gasteiger partial charge in [0.2, 0.25) is 0 Å². The lowest BCUT2D eigenvalue weighted by Gasteiger charge is -2.23. The predicted octanol–water partition coefficient (Wildman–Crippen LogP) is 4.42. The molecule has 0 saturated heterocycles. The molecule has 1 aromatic carbocycles. The minimum Gasteiger partial charge on any atom is -0.367 e. The topological polar surface area (TPSA) is 16.1 Å². The SMILES string of the molecule is Cc1cccc(CN(C)c2c(Cl)cccc2CCl)n1. The summed E-state index contributed by atoms with van der Waals surface area (Å²) in [6.45, 7) is 2.69. The molecule has 0 atom stereocenters. The van der Waals surface area contributed by atoms with E-state index in [-0.39, 0.29) is 0 Å². The Hall–Kier alpha value is -1.25. The molecule has 0 radical (unpaired) electrons. The van der Waals surface area contributed by atoms with Gasteiger partial charge in [-0.1, -0.05) is 29.8 Å². The van der Waals surface area contributed by atoms with Crippen molar-refractivity contribution in [3.05, 3.63) is 58.4 Å². The van der Waals surface area contributed by atoms with Crippen LogP contribution in [0, 0.1) is 6.92 Å². The number of para-hydroxylation sites is 1. The molecule has 0 saturated carbocycles. The smallest absolute Gasteiger partial charge is 0.0642 e. The van der Waals surface area contributed by atoms with Crippen molar-refractivity contribution in [2.45, 2.75) is 19.3 Å². The van der Waals surface area contributed by atoms with Gasteiger partial charge in [0, 0.05) is 18.6 Å². The van der Waals surface area contributed by atoms with Crippen LogP contribution in [0.15, 0.2) is 36.4 Å². The first-order chi connectivity index (χ1) is 9.11. The van der Waals surface area contributed by atoms with Gasteiger partial charge in [0.1, 0.15) is 0 Å². The van der Waals surface area contributed by atoms with Crippen LogP contribution in [-0.2, 0) is 12.4 Å². The van der Waals surface area contributed by atoms with Crippen LogP contribution in [0.4, 0.5) is 5.69 Å². The lowest BCUT2D eigenvalue weighted by Crippen LogP contribution is -2.19. The lowest BCUT2D eigenvalue weighted by atomic mass is 10.1. The molecular formula is C15H16Cl2N2. The van der Waals surface area contributed by atoms with E-state index in [9.17, 15) is 0 Å². The van der Waals surface area contributed by atoms with Gasteiger partial charge in [-0.3, -0.25) is 4.98 Å². The number of alkyl halides is 1. The van der Waals surface area contributed by atoms with E-state index in [4.69, 9.17) is 23.2 Å². The molecule has 0 N–H and O–H groups in total. The Balaban J connectivity index is 2.27. The minimum atomic E-state index is 0.446. The number of benzene rings is 1. The number of pyridine rings is 1. The van der Waals surface area contributed by atoms with Gasteiger partial charge < -0.3 is 4.90 Å². The Morgan fingerprint density at radius 3 is 2.58 bits per heavy atom. The van der Waals surface area contributed by atoms with Crippen molar-refractivity contribution >= 4 is 28.9 Å². The average molecular weight is 295 g/mol. The van der Waals surface area contributed by atoms with E-state index in [2.05, 4.69) is 9.88 Å². The molecule has 0 spiro atoms. The standard InChI is InChI=1S/C15H16Cl2N2/c1-11-5-3-7-13(18-11)10-19(2)15-12(9-16)6-4-8-14(15)17/h3-8H,9-10H2,1-2H3. The normalized spacial score (nSPS) is 10.5. The third-order valence-electron chi connectivity index (χ3n) is 2.94. The van der Waals surface area contributed by atoms with Gasteiger partial charge >= 0.3 is 0 Å². The summed E-state index contributed by atoms with van der Waals surface area (Å²) < 4.78 is 0. The fourth-order valence-electron chi connectivity index (χ4n) is 2.10. The highest BCUT2D eigenvalue weighted by Crippen LogP contribution is 2.31. The van der Waals surface area contributed by atoms with E-state index >= 15 is 0 Å². The van der Waals surface area contributed by atoms with Gasteiger partial charge in [0.05, 0.1) is 22.9 Å². The lowest BCUT2D eigenvalue weighted by molar-refractivity contribution is 0.872. The molecule has 0 unspecified atom stereocenters. The van der Waals surface area contributed by atoms with Crippen LogP contribution in [0.5, 0.6) is 0 Å². The highest BCUT2D eigenvalue weighted by atomic mass is 35.5. The highest BCUT2D eigenvalue weighted by molar-refractivity contribution is 6.33. The molecule has 0 amide bonds. The molecule has 19 heavy (non-hydrogen) atoms. The number of anilines is 1. The zero-order valence-corrected chi connectivity index (χ0v) is 12.5. The minimum absolute atomic E-state index is 0.446. The van der Waals surface area contributed by atoms with E-state index in [0.717, 1.165) is 22.6 Å². The number of aromatic nitrogens is 1. The van der Waals surface area contributed by atoms with Gasteiger partial charge in [0.15, 0.2) is 0 Å². The van der Waals surface area contributed by atoms with Gasteiger partial charge in [-0.05, 0) is 30.7 Å². The first-order valence-electron chi connectivity index (χ1n) is 6.09. The van der Waals surface area contributed by atoms with Gasteiger partial charge in [-0.25, -0.2) is 0 Å². The second-order valence-electron chi connectivity index (χ2n) is 4.51. The number of hydrogen-bond donors (Lipinski definition) is 0. The molecule has 100 valence electrons. The Kier molecular flexibility index (Phi) is 4.67. The summed E-state index contributed by atoms with van der Waals surface area (Å²) >= 11 is 12.3. The van der Waals surface area contributed by atoms with Crippen LogP contribution in [-0.4, -0.2) is 12.0 Å². The number of hydrogen-bond acceptors (Lipinski definition) is 2. The summed E-state index contributed by atoms with van der Waals surface area (Å²) in [6, 6.07) is 11.8. The van der Waals surface area contributed by atoms with E-state index in [0.29, 0.717) is 17.4 Å². The van der Waals surface area contributed by atoms with Crippen LogP contribution < -0.4 is 4.90 Å². The first-order valence-corrected chi connectivity index (χ1v) is 7.00. The molecule has 0 aliphatic carbocycles. The molecule has 2 aromatic rings. The largest absolute Gasteiger partial charge is 0.367 e. The first kappa shape index (κ1) is 14.2. The summed E-state index contributed by atoms with van der Waals surface area (Å²) in [5, 5.41) is 0.716. The zero-order chi connectivity index (χ0) is 13.8. The monoisotopic (exact) mass is 294 g/mol. The van der Waals surface area contributed by atoms with Crippen LogP contribution >= 0.6 is 23.2 Å². The maximum Gasteiger partial charge on any atom is 0.0642 e. The van der Waals surface area contributed by atoms with Crippen molar-refractivity contribution in [3.8, 4) is 0 Å². The average Bonchev–Trinajstić information content (AvgIpc) is 2.38. The quantitative estimate of drug-likeness (QED) is 0.776. The van der Waals surface area contributed by atoms with Crippen molar-refractivity contribution in [2.24, 2.45) is 0 Å². The highest BCUT2D eigenvalue weighted by Gasteiger charge is 2.12. The summed E-state index contributed by atoms with van der Waals surface area (Å²) in [4.78, 5) is 6.59. The maximum absolute atomic E-state index is 6.28. The molecule has 0 bridgehead atoms. The zero-order valence-electron chi connectivity index (χ0n) is 11.0. The molecule has 0 aliphatic rings. The molecule has 2 nitrogen and oxygen atoms in total. The van der Waals surface area contributed by atoms with E-state index in [1.54, 1.807) is 0 Å². The van der Waals surface area contributed by atoms with E-state index < -0.39 is 0 Å². The van der Waals surface area contributed by atoms with Crippen molar-refractivity contribution in [3.63, 3.8) is 0 Å². The Bertz CT molecular complexity index is 570. The van der Waals surface area contributed by atoms with Gasteiger partial charge in [0.25, 0.3) is 0 Å². The third-order valence-corrected chi connectivity index (χ3v) is 3.53. The molecule has 2 rings (SSSR count). The fraction of sp³-hybridized carbons (Fsp3) is 0.267. The summed E-state index contributed by atoms with van der Waals surface area (Å²) in [5.41, 5.74) is 4.04. The molecule has 1 heterocycles. The van der Waals surface area contributed by atoms with Crippen LogP contribution in [0.3, 0.4) is 0 Å². The second kappa shape index (κ2) is 6.27. The maximum atomic E-state index is 6.28. The van der Waals surface area contributed by atoms with Crippen LogP contribution in [0.1, 0.15) is 17.0 Å². The van der Waals surface area contributed by atoms with Crippen LogP contribution in [0.25, 0.3) is 0 Å². The second-order valence-corrected chi connectivity index (χ2v) is 5.18. The summed E-state index contributed by atoms with van der Waals surface area (Å²) in [5.74, 6) is 0.446. The molecule has 4 heteroatoms. The summed E-state index contributed by atoms with van der Waals surface area (Å²) in [6.07, 6.45) is 0. The number of nitrogens with zero attached hydrogens (tertiary/aromatic N) is 2. The van der Waals surface area contributed by atoms with Gasteiger partial charge in [-0.2, -0.15) is 0 Å². The number of rotatable bonds is 4. The molecular weight excluding hydrogens is 279 g/mol. The van der Waals surface area contributed by atoms with E-state index in [1.165, 1.54) is 0 Å². The Morgan fingerprint density at radius 1 is 1.16 bits per heavy atom. The van der Waals surface area contributed by atoms with E-state index in [1.807, 2.05) is 50.4 Å². The third kappa shape index (κ3) is 3.40. The molecule has 0 aliphatic heterocycles. The predicted molar refractivity (Wildman–Crippen MR) is 82.1 cm³/mol. The fourth-order valence-corrected chi connectivity index (χ4v) is 2.66. The van der Waals surface area contributed by atoms with Crippen molar-refractivity contribution in [2.75, 3.05) is 11.9 Å². The van der Waals surface area contributed by atoms with Crippen molar-refractivity contribution in [1.82, 2.24) is 4.98 Å². The van der Waals surface area contributed by atoms with Crippen molar-refractivity contribution in [1.29, 1.82) is 0 Å². The van der Waals surface area contributed by atoms with Crippen molar-refractivity contribution < 1.29 is 0 Å². The van der Waals surface area contributed by atoms with Gasteiger partial charge in [-0.15, -0.1) is 11.6 Å². The number of aryl methyl sites for hydroxylation is 1. The summed E-state index contributed by atoms with van der Waals surface area (Å²) in [7, 11) is 2.00. The Labute approximate surface area is 124 Å². The van der Waals surface area contributed by atoms with Crippen LogP contribution in [0.2, 0.25) is 5.02 Å². The number of halogens is 2. The molecule has 1 aromatic heterocycles. The Morgan fingerprint density at radius 2 is 1.89 bits per heavy atom. The molecule has 0 fully saturated rings.